The van der Waals surface area contributed by atoms with E-state index in [1.54, 1.807) is 0 Å². The van der Waals surface area contributed by atoms with Gasteiger partial charge in [-0.25, -0.2) is 4.57 Å². The zero-order chi connectivity index (χ0) is 28.8. The Hall–Kier alpha value is -3.71. The molecule has 4 aromatic rings. The molecule has 2 unspecified atom stereocenters. The Morgan fingerprint density at radius 1 is 0.925 bits per heavy atom. The van der Waals surface area contributed by atoms with Gasteiger partial charge in [-0.2, -0.15) is 5.26 Å². The van der Waals surface area contributed by atoms with Gasteiger partial charge in [0.1, 0.15) is 5.69 Å². The Labute approximate surface area is 240 Å². The lowest BCUT2D eigenvalue weighted by atomic mass is 9.63. The minimum Gasteiger partial charge on any atom is -0.227 e. The van der Waals surface area contributed by atoms with Crippen molar-refractivity contribution in [3.63, 3.8) is 0 Å². The van der Waals surface area contributed by atoms with Crippen LogP contribution in [0.4, 0.5) is 0 Å². The maximum atomic E-state index is 9.63. The van der Waals surface area contributed by atoms with Gasteiger partial charge in [0.2, 0.25) is 0 Å². The van der Waals surface area contributed by atoms with Crippen LogP contribution >= 0.6 is 0 Å². The number of benzene rings is 3. The average molecular weight is 532 g/mol. The normalized spacial score (nSPS) is 16.8. The molecule has 4 nitrogen and oxygen atoms in total. The highest BCUT2D eigenvalue weighted by molar-refractivity contribution is 5.76. The lowest BCUT2D eigenvalue weighted by Crippen LogP contribution is -2.54. The summed E-state index contributed by atoms with van der Waals surface area (Å²) in [6, 6.07) is 19.9. The highest BCUT2D eigenvalue weighted by Crippen LogP contribution is 2.48. The molecule has 0 radical (unpaired) electrons. The summed E-state index contributed by atoms with van der Waals surface area (Å²) in [6.45, 7) is 18.9. The molecule has 0 amide bonds. The molecule has 1 aliphatic heterocycles. The molecule has 40 heavy (non-hydrogen) atoms. The summed E-state index contributed by atoms with van der Waals surface area (Å²) in [5.41, 5.74) is 11.8. The van der Waals surface area contributed by atoms with E-state index >= 15 is 0 Å². The van der Waals surface area contributed by atoms with Crippen LogP contribution in [0, 0.1) is 51.9 Å². The lowest BCUT2D eigenvalue weighted by Gasteiger charge is -2.42. The van der Waals surface area contributed by atoms with Crippen LogP contribution in [0.3, 0.4) is 0 Å². The van der Waals surface area contributed by atoms with Crippen LogP contribution in [0.15, 0.2) is 48.5 Å². The molecule has 0 saturated carbocycles. The molecule has 0 spiro atoms. The first-order valence-electron chi connectivity index (χ1n) is 14.9. The highest BCUT2D eigenvalue weighted by Gasteiger charge is 2.47. The number of aryl methyl sites for hydroxylation is 5. The van der Waals surface area contributed by atoms with Crippen LogP contribution in [0.1, 0.15) is 85.7 Å². The fourth-order valence-corrected chi connectivity index (χ4v) is 7.36. The topological polar surface area (TPSA) is 45.5 Å². The molecular formula is C36H43N4+. The molecule has 5 rings (SSSR count). The molecule has 0 fully saturated rings. The molecule has 2 heterocycles. The zero-order valence-corrected chi connectivity index (χ0v) is 25.5. The van der Waals surface area contributed by atoms with Crippen LogP contribution in [0.2, 0.25) is 0 Å². The molecule has 4 heteroatoms. The van der Waals surface area contributed by atoms with Crippen LogP contribution in [0.25, 0.3) is 28.2 Å². The number of hydrogen-bond donors (Lipinski definition) is 0. The SMILES string of the molecule is CCCC(C)C1(CCC)C[n+]2c(C)nn(-c3c(C)cc(C)cc3C)c2-c2cc(-c3cc(C#N)ccc3C)ccc21. The van der Waals surface area contributed by atoms with E-state index in [9.17, 15) is 5.26 Å². The second-order valence-electron chi connectivity index (χ2n) is 12.1. The summed E-state index contributed by atoms with van der Waals surface area (Å²) in [5, 5.41) is 14.9. The highest BCUT2D eigenvalue weighted by atomic mass is 15.4. The van der Waals surface area contributed by atoms with Crippen molar-refractivity contribution in [3.05, 3.63) is 87.7 Å². The summed E-state index contributed by atoms with van der Waals surface area (Å²) < 4.78 is 4.70. The molecule has 0 saturated heterocycles. The van der Waals surface area contributed by atoms with Crippen molar-refractivity contribution in [1.29, 1.82) is 5.26 Å². The molecule has 206 valence electrons. The lowest BCUT2D eigenvalue weighted by molar-refractivity contribution is -0.704. The Morgan fingerprint density at radius 3 is 2.30 bits per heavy atom. The van der Waals surface area contributed by atoms with E-state index in [1.165, 1.54) is 51.9 Å². The summed E-state index contributed by atoms with van der Waals surface area (Å²) in [6.07, 6.45) is 4.66. The van der Waals surface area contributed by atoms with Gasteiger partial charge in [0, 0.05) is 17.4 Å². The molecule has 1 aromatic heterocycles. The van der Waals surface area contributed by atoms with E-state index in [4.69, 9.17) is 5.10 Å². The van der Waals surface area contributed by atoms with Crippen LogP contribution in [-0.2, 0) is 12.0 Å². The van der Waals surface area contributed by atoms with E-state index in [0.717, 1.165) is 42.2 Å². The van der Waals surface area contributed by atoms with Gasteiger partial charge in [0.05, 0.1) is 23.7 Å². The Balaban J connectivity index is 1.86. The van der Waals surface area contributed by atoms with E-state index in [2.05, 4.69) is 107 Å². The second kappa shape index (κ2) is 10.7. The van der Waals surface area contributed by atoms with Crippen molar-refractivity contribution in [1.82, 2.24) is 9.78 Å². The fourth-order valence-electron chi connectivity index (χ4n) is 7.36. The third-order valence-electron chi connectivity index (χ3n) is 9.21. The van der Waals surface area contributed by atoms with Gasteiger partial charge >= 0.3 is 0 Å². The van der Waals surface area contributed by atoms with Crippen molar-refractivity contribution < 1.29 is 4.57 Å². The minimum absolute atomic E-state index is 0.0375. The number of hydrogen-bond acceptors (Lipinski definition) is 2. The standard InChI is InChI=1S/C36H43N4/c1-9-11-27(7)36(16-10-2)22-39-28(8)38-40(34-25(5)17-23(3)18-26(34)6)35(39)32-20-30(14-15-33(32)36)31-19-29(21-37)13-12-24(31)4/h12-15,17-20,27H,9-11,16,22H2,1-8H3/q+1. The van der Waals surface area contributed by atoms with Gasteiger partial charge < -0.3 is 0 Å². The Bertz CT molecular complexity index is 1610. The summed E-state index contributed by atoms with van der Waals surface area (Å²) >= 11 is 0. The van der Waals surface area contributed by atoms with Crippen LogP contribution in [-0.4, -0.2) is 9.78 Å². The van der Waals surface area contributed by atoms with Gasteiger partial charge in [0.15, 0.2) is 0 Å². The molecule has 3 aromatic carbocycles. The minimum atomic E-state index is 0.0375. The third-order valence-corrected chi connectivity index (χ3v) is 9.21. The van der Waals surface area contributed by atoms with Crippen molar-refractivity contribution in [3.8, 4) is 34.3 Å². The maximum Gasteiger partial charge on any atom is 0.275 e. The monoisotopic (exact) mass is 531 g/mol. The molecule has 0 aliphatic carbocycles. The molecular weight excluding hydrogens is 488 g/mol. The third kappa shape index (κ3) is 4.46. The quantitative estimate of drug-likeness (QED) is 0.225. The summed E-state index contributed by atoms with van der Waals surface area (Å²) in [5.74, 6) is 2.75. The zero-order valence-electron chi connectivity index (χ0n) is 25.5. The van der Waals surface area contributed by atoms with E-state index in [0.29, 0.717) is 11.5 Å². The smallest absolute Gasteiger partial charge is 0.227 e. The van der Waals surface area contributed by atoms with Crippen molar-refractivity contribution in [2.24, 2.45) is 5.92 Å². The van der Waals surface area contributed by atoms with Gasteiger partial charge in [-0.1, -0.05) is 80.6 Å². The number of fused-ring (bicyclic) bond motifs is 3. The second-order valence-corrected chi connectivity index (χ2v) is 12.1. The number of rotatable bonds is 7. The molecule has 0 N–H and O–H groups in total. The van der Waals surface area contributed by atoms with Gasteiger partial charge in [0.25, 0.3) is 11.6 Å². The average Bonchev–Trinajstić information content (AvgIpc) is 3.23. The van der Waals surface area contributed by atoms with Crippen molar-refractivity contribution in [2.45, 2.75) is 93.0 Å². The fraction of sp³-hybridized carbons (Fsp3) is 0.417. The van der Waals surface area contributed by atoms with Gasteiger partial charge in [-0.3, -0.25) is 0 Å². The molecule has 0 bridgehead atoms. The van der Waals surface area contributed by atoms with Gasteiger partial charge in [-0.05, 0) is 91.6 Å². The number of nitrogens with zero attached hydrogens (tertiary/aromatic N) is 4. The first-order chi connectivity index (χ1) is 19.1. The number of aromatic nitrogens is 3. The number of nitriles is 1. The van der Waals surface area contributed by atoms with Crippen molar-refractivity contribution in [2.75, 3.05) is 0 Å². The Morgan fingerprint density at radius 2 is 1.65 bits per heavy atom. The largest absolute Gasteiger partial charge is 0.275 e. The van der Waals surface area contributed by atoms with Crippen molar-refractivity contribution >= 4 is 0 Å². The first kappa shape index (κ1) is 27.8. The van der Waals surface area contributed by atoms with Gasteiger partial charge in [-0.15, -0.1) is 0 Å². The van der Waals surface area contributed by atoms with E-state index in [-0.39, 0.29) is 5.41 Å². The van der Waals surface area contributed by atoms with Crippen LogP contribution < -0.4 is 4.57 Å². The molecule has 1 aliphatic rings. The summed E-state index contributed by atoms with van der Waals surface area (Å²) in [7, 11) is 0. The Kier molecular flexibility index (Phi) is 7.44. The van der Waals surface area contributed by atoms with Crippen LogP contribution in [0.5, 0.6) is 0 Å². The maximum absolute atomic E-state index is 9.63. The predicted octanol–water partition coefficient (Wildman–Crippen LogP) is 8.40. The predicted molar refractivity (Wildman–Crippen MR) is 164 cm³/mol. The molecule has 2 atom stereocenters. The first-order valence-corrected chi connectivity index (χ1v) is 14.9. The summed E-state index contributed by atoms with van der Waals surface area (Å²) in [4.78, 5) is 0. The van der Waals surface area contributed by atoms with E-state index < -0.39 is 0 Å². The van der Waals surface area contributed by atoms with E-state index in [1.807, 2.05) is 12.1 Å².